The summed E-state index contributed by atoms with van der Waals surface area (Å²) < 4.78 is 29.0. The lowest BCUT2D eigenvalue weighted by Gasteiger charge is -2.37. The largest absolute Gasteiger partial charge is 0.435 e. The number of benzene rings is 2. The van der Waals surface area contributed by atoms with Gasteiger partial charge in [-0.2, -0.15) is 8.78 Å². The molecule has 2 aromatic rings. The third kappa shape index (κ3) is 3.69. The molecule has 0 aromatic heterocycles. The second kappa shape index (κ2) is 7.64. The first-order valence-corrected chi connectivity index (χ1v) is 9.77. The Morgan fingerprint density at radius 2 is 1.96 bits per heavy atom. The van der Waals surface area contributed by atoms with Gasteiger partial charge in [0, 0.05) is 29.9 Å². The van der Waals surface area contributed by atoms with Crippen molar-refractivity contribution in [3.05, 3.63) is 53.6 Å². The van der Waals surface area contributed by atoms with Gasteiger partial charge in [-0.15, -0.1) is 0 Å². The summed E-state index contributed by atoms with van der Waals surface area (Å²) in [6, 6.07) is 13.3. The Bertz CT molecular complexity index is 874. The van der Waals surface area contributed by atoms with E-state index in [1.165, 1.54) is 23.3 Å². The van der Waals surface area contributed by atoms with Gasteiger partial charge in [0.2, 0.25) is 0 Å². The van der Waals surface area contributed by atoms with Crippen LogP contribution >= 0.6 is 12.2 Å². The number of rotatable bonds is 3. The lowest BCUT2D eigenvalue weighted by molar-refractivity contribution is -0.0498. The third-order valence-corrected chi connectivity index (χ3v) is 5.80. The van der Waals surface area contributed by atoms with Crippen molar-refractivity contribution in [1.82, 2.24) is 4.90 Å². The summed E-state index contributed by atoms with van der Waals surface area (Å²) in [5.41, 5.74) is 4.50. The maximum absolute atomic E-state index is 12.3. The molecule has 0 aliphatic carbocycles. The molecule has 28 heavy (non-hydrogen) atoms. The molecular weight excluding hydrogens is 380 g/mol. The zero-order chi connectivity index (χ0) is 19.8. The van der Waals surface area contributed by atoms with Crippen LogP contribution in [0.5, 0.6) is 5.75 Å². The van der Waals surface area contributed by atoms with Crippen molar-refractivity contribution in [3.63, 3.8) is 0 Å². The summed E-state index contributed by atoms with van der Waals surface area (Å²) in [5, 5.41) is 3.89. The molecular formula is C21H23F2N3OS. The van der Waals surface area contributed by atoms with Crippen LogP contribution in [-0.4, -0.2) is 42.8 Å². The minimum atomic E-state index is -2.83. The molecule has 0 saturated carbocycles. The molecule has 0 spiro atoms. The highest BCUT2D eigenvalue weighted by molar-refractivity contribution is 7.80. The van der Waals surface area contributed by atoms with Gasteiger partial charge in [0.05, 0.1) is 0 Å². The number of hydrogen-bond acceptors (Lipinski definition) is 3. The van der Waals surface area contributed by atoms with E-state index in [9.17, 15) is 8.78 Å². The molecule has 1 N–H and O–H groups in total. The molecule has 2 aliphatic rings. The standard InChI is InChI=1S/C21H23F2N3OS/c1-13-3-8-18-16(11-13)17-12-25(2)10-9-19(17)26(18)21(28)24-14-4-6-15(7-5-14)27-20(22)23/h3-8,11,17,19-20H,9-10,12H2,1-2H3,(H,24,28)/t17-,19+/m1/s1. The molecule has 1 saturated heterocycles. The summed E-state index contributed by atoms with van der Waals surface area (Å²) in [5.74, 6) is 0.555. The third-order valence-electron chi connectivity index (χ3n) is 5.50. The molecule has 0 radical (unpaired) electrons. The normalized spacial score (nSPS) is 21.4. The fraction of sp³-hybridized carbons (Fsp3) is 0.381. The van der Waals surface area contributed by atoms with Crippen molar-refractivity contribution in [3.8, 4) is 5.75 Å². The molecule has 4 rings (SSSR count). The Morgan fingerprint density at radius 1 is 1.21 bits per heavy atom. The van der Waals surface area contributed by atoms with E-state index in [1.807, 2.05) is 0 Å². The van der Waals surface area contributed by atoms with Crippen LogP contribution in [0.1, 0.15) is 23.5 Å². The average Bonchev–Trinajstić information content (AvgIpc) is 2.96. The summed E-state index contributed by atoms with van der Waals surface area (Å²) in [6.45, 7) is 1.34. The first kappa shape index (κ1) is 19.1. The second-order valence-electron chi connectivity index (χ2n) is 7.49. The van der Waals surface area contributed by atoms with Crippen LogP contribution in [0.25, 0.3) is 0 Å². The molecule has 2 atom stereocenters. The summed E-state index contributed by atoms with van der Waals surface area (Å²) >= 11 is 5.76. The Kier molecular flexibility index (Phi) is 5.21. The van der Waals surface area contributed by atoms with Gasteiger partial charge in [0.25, 0.3) is 0 Å². The fourth-order valence-corrected chi connectivity index (χ4v) is 4.60. The van der Waals surface area contributed by atoms with E-state index < -0.39 is 6.61 Å². The highest BCUT2D eigenvalue weighted by atomic mass is 32.1. The SMILES string of the molecule is Cc1ccc2c(c1)[C@H]1CN(C)CC[C@@H]1N2C(=S)Nc1ccc(OC(F)F)cc1. The van der Waals surface area contributed by atoms with Crippen molar-refractivity contribution in [2.45, 2.75) is 31.9 Å². The van der Waals surface area contributed by atoms with Gasteiger partial charge in [-0.25, -0.2) is 0 Å². The van der Waals surface area contributed by atoms with Gasteiger partial charge in [0.1, 0.15) is 5.75 Å². The molecule has 2 heterocycles. The average molecular weight is 403 g/mol. The number of hydrogen-bond donors (Lipinski definition) is 1. The van der Waals surface area contributed by atoms with E-state index in [4.69, 9.17) is 12.2 Å². The van der Waals surface area contributed by atoms with Crippen molar-refractivity contribution >= 4 is 28.7 Å². The highest BCUT2D eigenvalue weighted by Crippen LogP contribution is 2.45. The van der Waals surface area contributed by atoms with Crippen LogP contribution < -0.4 is 15.0 Å². The molecule has 0 bridgehead atoms. The number of fused-ring (bicyclic) bond motifs is 3. The number of halogens is 2. The number of nitrogens with zero attached hydrogens (tertiary/aromatic N) is 2. The molecule has 0 unspecified atom stereocenters. The van der Waals surface area contributed by atoms with Crippen molar-refractivity contribution < 1.29 is 13.5 Å². The lowest BCUT2D eigenvalue weighted by Crippen LogP contribution is -2.48. The lowest BCUT2D eigenvalue weighted by atomic mass is 9.89. The smallest absolute Gasteiger partial charge is 0.387 e. The van der Waals surface area contributed by atoms with Crippen LogP contribution in [0.2, 0.25) is 0 Å². The first-order chi connectivity index (χ1) is 13.4. The molecule has 2 aliphatic heterocycles. The van der Waals surface area contributed by atoms with E-state index in [2.05, 4.69) is 52.0 Å². The first-order valence-electron chi connectivity index (χ1n) is 9.36. The maximum atomic E-state index is 12.3. The zero-order valence-corrected chi connectivity index (χ0v) is 16.7. The van der Waals surface area contributed by atoms with Gasteiger partial charge in [-0.05, 0) is 75.1 Å². The molecule has 2 aromatic carbocycles. The Morgan fingerprint density at radius 3 is 2.68 bits per heavy atom. The van der Waals surface area contributed by atoms with E-state index in [0.29, 0.717) is 17.1 Å². The quantitative estimate of drug-likeness (QED) is 0.756. The number of alkyl halides is 2. The summed E-state index contributed by atoms with van der Waals surface area (Å²) in [6.07, 6.45) is 1.04. The summed E-state index contributed by atoms with van der Waals surface area (Å²) in [7, 11) is 2.16. The minimum absolute atomic E-state index is 0.129. The molecule has 148 valence electrons. The van der Waals surface area contributed by atoms with Gasteiger partial charge < -0.3 is 19.9 Å². The van der Waals surface area contributed by atoms with Crippen LogP contribution in [0, 0.1) is 6.92 Å². The van der Waals surface area contributed by atoms with E-state index in [-0.39, 0.29) is 5.75 Å². The van der Waals surface area contributed by atoms with E-state index in [1.54, 1.807) is 12.1 Å². The molecule has 7 heteroatoms. The van der Waals surface area contributed by atoms with Gasteiger partial charge in [-0.1, -0.05) is 17.7 Å². The maximum Gasteiger partial charge on any atom is 0.387 e. The van der Waals surface area contributed by atoms with Crippen LogP contribution in [0.4, 0.5) is 20.2 Å². The predicted octanol–water partition coefficient (Wildman–Crippen LogP) is 4.60. The molecule has 0 amide bonds. The minimum Gasteiger partial charge on any atom is -0.435 e. The van der Waals surface area contributed by atoms with Gasteiger partial charge in [0.15, 0.2) is 5.11 Å². The number of likely N-dealkylation sites (N-methyl/N-ethyl adjacent to an activating group) is 1. The van der Waals surface area contributed by atoms with Crippen molar-refractivity contribution in [2.75, 3.05) is 30.4 Å². The monoisotopic (exact) mass is 403 g/mol. The highest BCUT2D eigenvalue weighted by Gasteiger charge is 2.42. The van der Waals surface area contributed by atoms with Gasteiger partial charge >= 0.3 is 6.61 Å². The van der Waals surface area contributed by atoms with E-state index >= 15 is 0 Å². The number of aryl methyl sites for hydroxylation is 1. The van der Waals surface area contributed by atoms with Gasteiger partial charge in [-0.3, -0.25) is 0 Å². The molecule has 1 fully saturated rings. The fourth-order valence-electron chi connectivity index (χ4n) is 4.25. The Hall–Kier alpha value is -2.25. The van der Waals surface area contributed by atoms with Crippen molar-refractivity contribution in [1.29, 1.82) is 0 Å². The number of nitrogens with one attached hydrogen (secondary N) is 1. The van der Waals surface area contributed by atoms with Crippen LogP contribution in [-0.2, 0) is 0 Å². The summed E-state index contributed by atoms with van der Waals surface area (Å²) in [4.78, 5) is 4.60. The number of ether oxygens (including phenoxy) is 1. The van der Waals surface area contributed by atoms with Crippen LogP contribution in [0.15, 0.2) is 42.5 Å². The number of piperidine rings is 1. The topological polar surface area (TPSA) is 27.7 Å². The zero-order valence-electron chi connectivity index (χ0n) is 15.9. The van der Waals surface area contributed by atoms with Crippen LogP contribution in [0.3, 0.4) is 0 Å². The number of likely N-dealkylation sites (tertiary alicyclic amines) is 1. The predicted molar refractivity (Wildman–Crippen MR) is 112 cm³/mol. The Labute approximate surface area is 169 Å². The number of thiocarbonyl (C=S) groups is 1. The number of anilines is 2. The van der Waals surface area contributed by atoms with E-state index in [0.717, 1.165) is 30.9 Å². The molecule has 4 nitrogen and oxygen atoms in total. The Balaban J connectivity index is 1.57. The van der Waals surface area contributed by atoms with Crippen molar-refractivity contribution in [2.24, 2.45) is 0 Å². The second-order valence-corrected chi connectivity index (χ2v) is 7.88.